The molecule has 57 heavy (non-hydrogen) atoms. The summed E-state index contributed by atoms with van der Waals surface area (Å²) >= 11 is 0. The van der Waals surface area contributed by atoms with Gasteiger partial charge in [-0.2, -0.15) is 0 Å². The van der Waals surface area contributed by atoms with E-state index in [9.17, 15) is 14.4 Å². The molecule has 0 aromatic rings. The summed E-state index contributed by atoms with van der Waals surface area (Å²) in [5.74, 6) is -1.05. The van der Waals surface area contributed by atoms with Crippen molar-refractivity contribution in [3.05, 3.63) is 48.6 Å². The molecule has 0 aliphatic rings. The van der Waals surface area contributed by atoms with Crippen LogP contribution in [0.5, 0.6) is 0 Å². The predicted molar refractivity (Wildman–Crippen MR) is 242 cm³/mol. The van der Waals surface area contributed by atoms with E-state index in [4.69, 9.17) is 14.2 Å². The smallest absolute Gasteiger partial charge is 0.306 e. The van der Waals surface area contributed by atoms with Crippen LogP contribution >= 0.6 is 0 Å². The molecule has 0 heterocycles. The molecule has 0 aromatic carbocycles. The summed E-state index contributed by atoms with van der Waals surface area (Å²) in [4.78, 5) is 37.7. The van der Waals surface area contributed by atoms with Gasteiger partial charge >= 0.3 is 17.9 Å². The van der Waals surface area contributed by atoms with Crippen LogP contribution in [-0.2, 0) is 28.6 Å². The van der Waals surface area contributed by atoms with Gasteiger partial charge in [-0.15, -0.1) is 0 Å². The Morgan fingerprint density at radius 1 is 0.351 bits per heavy atom. The molecule has 1 unspecified atom stereocenters. The molecule has 0 saturated heterocycles. The minimum atomic E-state index is -0.821. The van der Waals surface area contributed by atoms with Crippen LogP contribution in [0.15, 0.2) is 48.6 Å². The normalized spacial score (nSPS) is 12.4. The number of esters is 3. The van der Waals surface area contributed by atoms with Gasteiger partial charge in [0.25, 0.3) is 0 Å². The predicted octanol–water partition coefficient (Wildman–Crippen LogP) is 15.5. The molecule has 0 rings (SSSR count). The molecular formula is C51H90O6. The molecule has 0 saturated carbocycles. The third kappa shape index (κ3) is 44.3. The number of hydrogen-bond donors (Lipinski definition) is 0. The van der Waals surface area contributed by atoms with E-state index >= 15 is 0 Å². The van der Waals surface area contributed by atoms with Crippen LogP contribution < -0.4 is 0 Å². The lowest BCUT2D eigenvalue weighted by Crippen LogP contribution is -2.30. The fraction of sp³-hybridized carbons (Fsp3) is 0.784. The van der Waals surface area contributed by atoms with Gasteiger partial charge in [-0.3, -0.25) is 14.4 Å². The number of allylic oxidation sites excluding steroid dienone is 8. The van der Waals surface area contributed by atoms with E-state index in [1.807, 2.05) is 12.2 Å². The maximum atomic E-state index is 12.7. The molecule has 0 aliphatic carbocycles. The molecule has 6 heteroatoms. The van der Waals surface area contributed by atoms with E-state index in [0.717, 1.165) is 44.9 Å². The number of ether oxygens (including phenoxy) is 3. The Balaban J connectivity index is 4.50. The molecule has 0 aromatic heterocycles. The van der Waals surface area contributed by atoms with Crippen molar-refractivity contribution in [2.75, 3.05) is 13.2 Å². The van der Waals surface area contributed by atoms with Crippen LogP contribution in [0.1, 0.15) is 239 Å². The van der Waals surface area contributed by atoms with Crippen LogP contribution in [0.2, 0.25) is 0 Å². The summed E-state index contributed by atoms with van der Waals surface area (Å²) in [6.07, 6.45) is 54.0. The highest BCUT2D eigenvalue weighted by molar-refractivity contribution is 5.71. The van der Waals surface area contributed by atoms with Crippen molar-refractivity contribution >= 4 is 17.9 Å². The summed E-state index contributed by atoms with van der Waals surface area (Å²) < 4.78 is 16.6. The standard InChI is InChI=1S/C51H90O6/c1-4-7-10-13-16-19-22-25-28-31-34-37-40-43-49(52)55-46-48(57-51(54)45-42-39-36-33-30-27-24-21-18-15-12-9-6-3)47-56-50(53)44-41-38-35-32-29-26-23-20-17-14-11-8-5-2/h25,27-28,30,34,36-37,39,48H,4-24,26,29,31-33,35,38,40-47H2,1-3H3/b28-25-,30-27-,37-34-,39-36-. The molecule has 0 amide bonds. The number of hydrogen-bond acceptors (Lipinski definition) is 6. The highest BCUT2D eigenvalue weighted by Crippen LogP contribution is 2.14. The van der Waals surface area contributed by atoms with Gasteiger partial charge in [0.05, 0.1) is 0 Å². The number of unbranched alkanes of at least 4 members (excludes halogenated alkanes) is 24. The van der Waals surface area contributed by atoms with E-state index in [1.165, 1.54) is 141 Å². The lowest BCUT2D eigenvalue weighted by Gasteiger charge is -2.18. The van der Waals surface area contributed by atoms with Crippen LogP contribution in [0.25, 0.3) is 0 Å². The van der Waals surface area contributed by atoms with Crippen molar-refractivity contribution in [3.63, 3.8) is 0 Å². The Morgan fingerprint density at radius 3 is 1.07 bits per heavy atom. The minimum Gasteiger partial charge on any atom is -0.462 e. The zero-order valence-corrected chi connectivity index (χ0v) is 37.6. The van der Waals surface area contributed by atoms with E-state index in [2.05, 4.69) is 57.2 Å². The molecule has 0 radical (unpaired) electrons. The number of carbonyl (C=O) groups is 3. The van der Waals surface area contributed by atoms with Gasteiger partial charge in [0, 0.05) is 19.3 Å². The Bertz CT molecular complexity index is 1010. The molecule has 0 N–H and O–H groups in total. The van der Waals surface area contributed by atoms with Crippen LogP contribution in [0.3, 0.4) is 0 Å². The van der Waals surface area contributed by atoms with Crippen LogP contribution in [0, 0.1) is 0 Å². The maximum absolute atomic E-state index is 12.7. The molecule has 0 bridgehead atoms. The minimum absolute atomic E-state index is 0.111. The van der Waals surface area contributed by atoms with Gasteiger partial charge in [-0.25, -0.2) is 0 Å². The maximum Gasteiger partial charge on any atom is 0.306 e. The number of carbonyl (C=O) groups excluding carboxylic acids is 3. The van der Waals surface area contributed by atoms with E-state index in [1.54, 1.807) is 0 Å². The molecule has 0 fully saturated rings. The van der Waals surface area contributed by atoms with E-state index in [0.29, 0.717) is 19.3 Å². The molecule has 1 atom stereocenters. The van der Waals surface area contributed by atoms with Crippen molar-refractivity contribution in [2.45, 2.75) is 245 Å². The molecular weight excluding hydrogens is 709 g/mol. The average molecular weight is 799 g/mol. The second-order valence-electron chi connectivity index (χ2n) is 16.0. The van der Waals surface area contributed by atoms with Gasteiger partial charge in [0.15, 0.2) is 6.10 Å². The van der Waals surface area contributed by atoms with Crippen molar-refractivity contribution in [1.29, 1.82) is 0 Å². The zero-order chi connectivity index (χ0) is 41.5. The third-order valence-corrected chi connectivity index (χ3v) is 10.3. The summed E-state index contributed by atoms with van der Waals surface area (Å²) in [6, 6.07) is 0. The first-order chi connectivity index (χ1) is 28.0. The third-order valence-electron chi connectivity index (χ3n) is 10.3. The van der Waals surface area contributed by atoms with Crippen LogP contribution in [-0.4, -0.2) is 37.2 Å². The van der Waals surface area contributed by atoms with Gasteiger partial charge in [-0.1, -0.05) is 211 Å². The fourth-order valence-corrected chi connectivity index (χ4v) is 6.67. The Morgan fingerprint density at radius 2 is 0.667 bits per heavy atom. The molecule has 330 valence electrons. The second-order valence-corrected chi connectivity index (χ2v) is 16.0. The van der Waals surface area contributed by atoms with Crippen molar-refractivity contribution < 1.29 is 28.6 Å². The average Bonchev–Trinajstić information content (AvgIpc) is 3.21. The highest BCUT2D eigenvalue weighted by atomic mass is 16.6. The first-order valence-corrected chi connectivity index (χ1v) is 24.1. The zero-order valence-electron chi connectivity index (χ0n) is 37.6. The molecule has 6 nitrogen and oxygen atoms in total. The Hall–Kier alpha value is -2.63. The summed E-state index contributed by atoms with van der Waals surface area (Å²) in [7, 11) is 0. The van der Waals surface area contributed by atoms with Gasteiger partial charge in [0.2, 0.25) is 0 Å². The monoisotopic (exact) mass is 799 g/mol. The SMILES string of the molecule is CCCCCCCC/C=C\C/C=C\CCC(=O)OCC(COC(=O)CCCCCCCCCCCCCCC)OC(=O)CC/C=C\C/C=C\CCCCCCCC. The Kier molecular flexibility index (Phi) is 43.9. The Labute approximate surface area is 352 Å². The first kappa shape index (κ1) is 54.4. The molecule has 0 aliphatic heterocycles. The van der Waals surface area contributed by atoms with Crippen molar-refractivity contribution in [2.24, 2.45) is 0 Å². The van der Waals surface area contributed by atoms with Gasteiger partial charge < -0.3 is 14.2 Å². The summed E-state index contributed by atoms with van der Waals surface area (Å²) in [6.45, 7) is 6.52. The number of rotatable bonds is 43. The van der Waals surface area contributed by atoms with Crippen LogP contribution in [0.4, 0.5) is 0 Å². The second kappa shape index (κ2) is 46.1. The largest absolute Gasteiger partial charge is 0.462 e. The lowest BCUT2D eigenvalue weighted by atomic mass is 10.0. The van der Waals surface area contributed by atoms with Crippen molar-refractivity contribution in [1.82, 2.24) is 0 Å². The first-order valence-electron chi connectivity index (χ1n) is 24.1. The van der Waals surface area contributed by atoms with Gasteiger partial charge in [0.1, 0.15) is 13.2 Å². The molecule has 0 spiro atoms. The van der Waals surface area contributed by atoms with Gasteiger partial charge in [-0.05, 0) is 57.8 Å². The fourth-order valence-electron chi connectivity index (χ4n) is 6.67. The topological polar surface area (TPSA) is 78.9 Å². The highest BCUT2D eigenvalue weighted by Gasteiger charge is 2.19. The summed E-state index contributed by atoms with van der Waals surface area (Å²) in [5, 5.41) is 0. The lowest BCUT2D eigenvalue weighted by molar-refractivity contribution is -0.166. The quantitative estimate of drug-likeness (QED) is 0.0265. The van der Waals surface area contributed by atoms with E-state index < -0.39 is 6.10 Å². The summed E-state index contributed by atoms with van der Waals surface area (Å²) in [5.41, 5.74) is 0. The van der Waals surface area contributed by atoms with E-state index in [-0.39, 0.29) is 44.0 Å². The van der Waals surface area contributed by atoms with Crippen molar-refractivity contribution in [3.8, 4) is 0 Å².